The number of β-lactam (4-membered cyclic amide) rings is 1. The average Bonchev–Trinajstić information content (AvgIpc) is 3.15. The highest BCUT2D eigenvalue weighted by Gasteiger charge is 2.54. The van der Waals surface area contributed by atoms with Crippen molar-refractivity contribution in [3.05, 3.63) is 33.7 Å². The third kappa shape index (κ3) is 4.05. The van der Waals surface area contributed by atoms with Crippen LogP contribution in [0.5, 0.6) is 0 Å². The number of ether oxygens (including phenoxy) is 1. The van der Waals surface area contributed by atoms with Crippen LogP contribution in [0.1, 0.15) is 11.8 Å². The maximum atomic E-state index is 12.5. The van der Waals surface area contributed by atoms with Crippen molar-refractivity contribution < 1.29 is 29.0 Å². The van der Waals surface area contributed by atoms with Crippen molar-refractivity contribution in [1.29, 1.82) is 0 Å². The molecule has 2 amide bonds. The molecular weight excluding hydrogens is 406 g/mol. The number of carboxylic acid groups (broad SMARTS) is 1. The molecule has 2 aliphatic rings. The van der Waals surface area contributed by atoms with Gasteiger partial charge in [-0.15, -0.1) is 23.1 Å². The Kier molecular flexibility index (Phi) is 6.06. The third-order valence-electron chi connectivity index (χ3n) is 4.24. The number of rotatable bonds is 7. The molecule has 11 heteroatoms. The van der Waals surface area contributed by atoms with Crippen molar-refractivity contribution in [2.45, 2.75) is 30.8 Å². The van der Waals surface area contributed by atoms with Gasteiger partial charge in [0.15, 0.2) is 0 Å². The molecule has 2 aliphatic heterocycles. The molecule has 4 N–H and O–H groups in total. The first-order valence-corrected chi connectivity index (χ1v) is 10.4. The molecule has 1 aromatic rings. The Bertz CT molecular complexity index is 836. The van der Waals surface area contributed by atoms with E-state index >= 15 is 0 Å². The van der Waals surface area contributed by atoms with Crippen molar-refractivity contribution in [2.24, 2.45) is 5.73 Å². The summed E-state index contributed by atoms with van der Waals surface area (Å²) >= 11 is 2.76. The van der Waals surface area contributed by atoms with Crippen LogP contribution >= 0.6 is 23.1 Å². The lowest BCUT2D eigenvalue weighted by Gasteiger charge is -2.49. The minimum absolute atomic E-state index is 0.166. The molecule has 9 nitrogen and oxygen atoms in total. The molecule has 3 rings (SSSR count). The van der Waals surface area contributed by atoms with E-state index in [0.29, 0.717) is 5.57 Å². The molecule has 3 atom stereocenters. The number of carboxylic acids is 1. The number of aliphatic carboxylic acids is 1. The summed E-state index contributed by atoms with van der Waals surface area (Å²) in [6.45, 7) is 1.21. The van der Waals surface area contributed by atoms with Gasteiger partial charge in [0.05, 0.1) is 6.42 Å². The van der Waals surface area contributed by atoms with Gasteiger partial charge in [-0.3, -0.25) is 19.3 Å². The summed E-state index contributed by atoms with van der Waals surface area (Å²) in [7, 11) is 0. The Balaban J connectivity index is 1.68. The predicted octanol–water partition coefficient (Wildman–Crippen LogP) is -0.0804. The number of fused-ring (bicyclic) bond motifs is 1. The summed E-state index contributed by atoms with van der Waals surface area (Å²) in [6.07, 6.45) is 0.166. The quantitative estimate of drug-likeness (QED) is 0.407. The van der Waals surface area contributed by atoms with E-state index in [9.17, 15) is 24.3 Å². The van der Waals surface area contributed by atoms with Crippen LogP contribution in [0.3, 0.4) is 0 Å². The Morgan fingerprint density at radius 3 is 2.82 bits per heavy atom. The lowest BCUT2D eigenvalue weighted by Crippen LogP contribution is -2.70. The lowest BCUT2D eigenvalue weighted by atomic mass is 10.0. The first-order valence-electron chi connectivity index (χ1n) is 8.43. The summed E-state index contributed by atoms with van der Waals surface area (Å²) in [5.41, 5.74) is 5.55. The largest absolute Gasteiger partial charge is 0.477 e. The van der Waals surface area contributed by atoms with Crippen LogP contribution in [-0.2, 0) is 30.3 Å². The van der Waals surface area contributed by atoms with Gasteiger partial charge in [-0.25, -0.2) is 4.79 Å². The Labute approximate surface area is 168 Å². The maximum absolute atomic E-state index is 12.5. The van der Waals surface area contributed by atoms with Gasteiger partial charge < -0.3 is 20.9 Å². The number of hydrogen-bond donors (Lipinski definition) is 3. The number of hydrogen-bond acceptors (Lipinski definition) is 8. The van der Waals surface area contributed by atoms with E-state index in [1.807, 2.05) is 17.5 Å². The van der Waals surface area contributed by atoms with Crippen LogP contribution in [0.2, 0.25) is 0 Å². The second-order valence-corrected chi connectivity index (χ2v) is 8.50. The fraction of sp³-hybridized carbons (Fsp3) is 0.412. The molecule has 1 fully saturated rings. The third-order valence-corrected chi connectivity index (χ3v) is 6.46. The van der Waals surface area contributed by atoms with Crippen LogP contribution in [0.25, 0.3) is 0 Å². The zero-order chi connectivity index (χ0) is 20.4. The number of amides is 2. The highest BCUT2D eigenvalue weighted by atomic mass is 32.2. The average molecular weight is 425 g/mol. The van der Waals surface area contributed by atoms with Gasteiger partial charge in [0.25, 0.3) is 5.91 Å². The first kappa shape index (κ1) is 20.4. The van der Waals surface area contributed by atoms with Crippen LogP contribution in [0, 0.1) is 0 Å². The molecule has 28 heavy (non-hydrogen) atoms. The summed E-state index contributed by atoms with van der Waals surface area (Å²) in [5, 5.41) is 13.6. The summed E-state index contributed by atoms with van der Waals surface area (Å²) in [6, 6.07) is 2.06. The Morgan fingerprint density at radius 2 is 2.21 bits per heavy atom. The molecule has 0 radical (unpaired) electrons. The monoisotopic (exact) mass is 425 g/mol. The van der Waals surface area contributed by atoms with Crippen LogP contribution in [0.4, 0.5) is 0 Å². The molecule has 3 heterocycles. The molecule has 0 aliphatic carbocycles. The van der Waals surface area contributed by atoms with E-state index in [-0.39, 0.29) is 30.4 Å². The minimum Gasteiger partial charge on any atom is -0.477 e. The number of nitrogens with two attached hydrogens (primary N) is 1. The molecule has 0 saturated carbocycles. The summed E-state index contributed by atoms with van der Waals surface area (Å²) < 4.78 is 5.01. The van der Waals surface area contributed by atoms with Gasteiger partial charge in [0, 0.05) is 16.2 Å². The van der Waals surface area contributed by atoms with Gasteiger partial charge in [0.1, 0.15) is 29.8 Å². The van der Waals surface area contributed by atoms with E-state index in [0.717, 1.165) is 9.78 Å². The van der Waals surface area contributed by atoms with Crippen LogP contribution < -0.4 is 11.1 Å². The summed E-state index contributed by atoms with van der Waals surface area (Å²) in [4.78, 5) is 50.0. The second kappa shape index (κ2) is 8.33. The van der Waals surface area contributed by atoms with Gasteiger partial charge in [0.2, 0.25) is 5.91 Å². The Morgan fingerprint density at radius 1 is 1.46 bits per heavy atom. The molecular formula is C17H19N3O6S2. The first-order chi connectivity index (χ1) is 13.3. The number of esters is 1. The van der Waals surface area contributed by atoms with Crippen molar-refractivity contribution in [3.8, 4) is 0 Å². The van der Waals surface area contributed by atoms with Crippen molar-refractivity contribution >= 4 is 46.9 Å². The van der Waals surface area contributed by atoms with E-state index < -0.39 is 35.3 Å². The number of carbonyl (C=O) groups excluding carboxylic acids is 3. The standard InChI is InChI=1S/C17H19N3O6S2/c1-8(18)17(25)26-6-9-7-28-15-12(14(22)20(15)13(9)16(23)24)19-11(21)5-10-3-2-4-27-10/h2-4,8,12,15H,5-7,18H2,1H3,(H,19,21)(H,23,24)/t8-,12+,15+/m0/s1. The molecule has 1 aromatic heterocycles. The SMILES string of the molecule is C[C@H](N)C(=O)OCC1=C(C(=O)O)N2C(=O)[C@@H](NC(=O)Cc3cccs3)[C@H]2SC1. The molecule has 150 valence electrons. The number of nitrogens with one attached hydrogen (secondary N) is 1. The minimum atomic E-state index is -1.28. The highest BCUT2D eigenvalue weighted by Crippen LogP contribution is 2.40. The molecule has 0 spiro atoms. The normalized spacial score (nSPS) is 22.2. The molecule has 1 saturated heterocycles. The maximum Gasteiger partial charge on any atom is 0.352 e. The van der Waals surface area contributed by atoms with Crippen LogP contribution in [-0.4, -0.2) is 63.6 Å². The zero-order valence-corrected chi connectivity index (χ0v) is 16.5. The second-order valence-electron chi connectivity index (χ2n) is 6.36. The van der Waals surface area contributed by atoms with Crippen molar-refractivity contribution in [3.63, 3.8) is 0 Å². The van der Waals surface area contributed by atoms with Gasteiger partial charge in [-0.2, -0.15) is 0 Å². The summed E-state index contributed by atoms with van der Waals surface area (Å²) in [5.74, 6) is -2.46. The molecule has 0 bridgehead atoms. The van der Waals surface area contributed by atoms with Gasteiger partial charge in [-0.05, 0) is 18.4 Å². The number of thiophene rings is 1. The van der Waals surface area contributed by atoms with Crippen molar-refractivity contribution in [2.75, 3.05) is 12.4 Å². The predicted molar refractivity (Wildman–Crippen MR) is 102 cm³/mol. The number of thioether (sulfide) groups is 1. The van der Waals surface area contributed by atoms with Gasteiger partial charge in [-0.1, -0.05) is 6.07 Å². The van der Waals surface area contributed by atoms with E-state index in [1.54, 1.807) is 0 Å². The van der Waals surface area contributed by atoms with E-state index in [2.05, 4.69) is 5.32 Å². The lowest BCUT2D eigenvalue weighted by molar-refractivity contribution is -0.151. The zero-order valence-electron chi connectivity index (χ0n) is 14.9. The molecule has 0 aromatic carbocycles. The van der Waals surface area contributed by atoms with E-state index in [1.165, 1.54) is 30.0 Å². The number of carbonyl (C=O) groups is 4. The fourth-order valence-corrected chi connectivity index (χ4v) is 4.91. The fourth-order valence-electron chi connectivity index (χ4n) is 2.88. The van der Waals surface area contributed by atoms with Gasteiger partial charge >= 0.3 is 11.9 Å². The highest BCUT2D eigenvalue weighted by molar-refractivity contribution is 8.00. The van der Waals surface area contributed by atoms with E-state index in [4.69, 9.17) is 10.5 Å². The van der Waals surface area contributed by atoms with Crippen molar-refractivity contribution in [1.82, 2.24) is 10.2 Å². The van der Waals surface area contributed by atoms with Crippen LogP contribution in [0.15, 0.2) is 28.8 Å². The molecule has 0 unspecified atom stereocenters. The Hall–Kier alpha value is -2.37. The number of nitrogens with zero attached hydrogens (tertiary/aromatic N) is 1. The smallest absolute Gasteiger partial charge is 0.352 e. The topological polar surface area (TPSA) is 139 Å².